The molecular weight excluding hydrogens is 469 g/mol. The fourth-order valence-electron chi connectivity index (χ4n) is 4.82. The highest BCUT2D eigenvalue weighted by atomic mass is 35.5. The average Bonchev–Trinajstić information content (AvgIpc) is 3.28. The third kappa shape index (κ3) is 5.10. The van der Waals surface area contributed by atoms with Gasteiger partial charge in [0.15, 0.2) is 0 Å². The summed E-state index contributed by atoms with van der Waals surface area (Å²) in [4.78, 5) is 52.6. The lowest BCUT2D eigenvalue weighted by atomic mass is 9.77. The molecule has 0 bridgehead atoms. The molecule has 2 heterocycles. The monoisotopic (exact) mass is 495 g/mol. The molecule has 1 aromatic carbocycles. The summed E-state index contributed by atoms with van der Waals surface area (Å²) < 4.78 is 0. The maximum absolute atomic E-state index is 12.9. The summed E-state index contributed by atoms with van der Waals surface area (Å²) in [5, 5.41) is 7.16. The summed E-state index contributed by atoms with van der Waals surface area (Å²) in [6, 6.07) is 3.62. The van der Waals surface area contributed by atoms with Crippen LogP contribution in [0.5, 0.6) is 0 Å². The molecule has 3 fully saturated rings. The molecule has 178 valence electrons. The van der Waals surface area contributed by atoms with E-state index >= 15 is 0 Å². The largest absolute Gasteiger partial charge is 0.344 e. The lowest BCUT2D eigenvalue weighted by Gasteiger charge is -2.33. The van der Waals surface area contributed by atoms with Crippen molar-refractivity contribution in [1.29, 1.82) is 0 Å². The fourth-order valence-corrected chi connectivity index (χ4v) is 5.35. The number of halogens is 2. The highest BCUT2D eigenvalue weighted by molar-refractivity contribution is 6.35. The molecule has 3 N–H and O–H groups in total. The summed E-state index contributed by atoms with van der Waals surface area (Å²) in [6.45, 7) is 2.55. The number of carbonyl (C=O) groups excluding carboxylic acids is 4. The number of hydrogen-bond donors (Lipinski definition) is 3. The molecule has 5 amide bonds. The normalized spacial score (nSPS) is 27.7. The summed E-state index contributed by atoms with van der Waals surface area (Å²) >= 11 is 12.0. The van der Waals surface area contributed by atoms with Gasteiger partial charge in [0.05, 0.1) is 12.6 Å². The van der Waals surface area contributed by atoms with Crippen LogP contribution in [0.25, 0.3) is 0 Å². The number of imide groups is 1. The van der Waals surface area contributed by atoms with Gasteiger partial charge in [0.25, 0.3) is 11.8 Å². The molecule has 2 saturated heterocycles. The lowest BCUT2D eigenvalue weighted by molar-refractivity contribution is -0.140. The number of rotatable bonds is 5. The van der Waals surface area contributed by atoms with Crippen LogP contribution in [0.4, 0.5) is 10.5 Å². The number of amides is 5. The van der Waals surface area contributed by atoms with Crippen molar-refractivity contribution in [3.63, 3.8) is 0 Å². The van der Waals surface area contributed by atoms with Crippen LogP contribution in [0.15, 0.2) is 18.2 Å². The van der Waals surface area contributed by atoms with E-state index in [1.165, 1.54) is 0 Å². The predicted molar refractivity (Wildman–Crippen MR) is 124 cm³/mol. The molecule has 0 aromatic heterocycles. The first-order valence-electron chi connectivity index (χ1n) is 11.1. The number of hydrogen-bond acceptors (Lipinski definition) is 5. The topological polar surface area (TPSA) is 111 Å². The Bertz CT molecular complexity index is 959. The van der Waals surface area contributed by atoms with Gasteiger partial charge < -0.3 is 10.6 Å². The minimum atomic E-state index is -0.925. The number of anilines is 1. The van der Waals surface area contributed by atoms with Crippen molar-refractivity contribution >= 4 is 52.6 Å². The van der Waals surface area contributed by atoms with E-state index in [0.29, 0.717) is 47.5 Å². The van der Waals surface area contributed by atoms with E-state index in [1.54, 1.807) is 23.1 Å². The molecule has 33 heavy (non-hydrogen) atoms. The minimum Gasteiger partial charge on any atom is -0.325 e. The van der Waals surface area contributed by atoms with Gasteiger partial charge in [-0.3, -0.25) is 24.7 Å². The second-order valence-electron chi connectivity index (χ2n) is 9.15. The average molecular weight is 496 g/mol. The van der Waals surface area contributed by atoms with Gasteiger partial charge in [-0.05, 0) is 69.2 Å². The predicted octanol–water partition coefficient (Wildman–Crippen LogP) is 2.93. The number of likely N-dealkylation sites (tertiary alicyclic amines) is 1. The Labute approximate surface area is 202 Å². The molecule has 11 heteroatoms. The Hall–Kier alpha value is -2.36. The smallest absolute Gasteiger partial charge is 0.325 e. The van der Waals surface area contributed by atoms with Gasteiger partial charge in [-0.15, -0.1) is 0 Å². The molecule has 1 spiro atoms. The minimum absolute atomic E-state index is 0.116. The molecule has 1 atom stereocenters. The van der Waals surface area contributed by atoms with Crippen LogP contribution >= 0.6 is 23.2 Å². The maximum Gasteiger partial charge on any atom is 0.344 e. The lowest BCUT2D eigenvalue weighted by Crippen LogP contribution is -2.53. The second-order valence-corrected chi connectivity index (χ2v) is 10.0. The van der Waals surface area contributed by atoms with Gasteiger partial charge in [-0.1, -0.05) is 30.1 Å². The zero-order chi connectivity index (χ0) is 23.8. The van der Waals surface area contributed by atoms with E-state index in [9.17, 15) is 19.2 Å². The van der Waals surface area contributed by atoms with Gasteiger partial charge in [-0.2, -0.15) is 5.01 Å². The van der Waals surface area contributed by atoms with Crippen LogP contribution in [-0.2, 0) is 14.4 Å². The Morgan fingerprint density at radius 2 is 1.79 bits per heavy atom. The van der Waals surface area contributed by atoms with Crippen molar-refractivity contribution in [2.45, 2.75) is 57.0 Å². The highest BCUT2D eigenvalue weighted by Gasteiger charge is 2.53. The molecule has 0 radical (unpaired) electrons. The first-order valence-corrected chi connectivity index (χ1v) is 11.9. The zero-order valence-corrected chi connectivity index (χ0v) is 19.8. The van der Waals surface area contributed by atoms with E-state index in [-0.39, 0.29) is 12.5 Å². The van der Waals surface area contributed by atoms with E-state index in [0.717, 1.165) is 24.3 Å². The van der Waals surface area contributed by atoms with Gasteiger partial charge in [0.1, 0.15) is 5.54 Å². The van der Waals surface area contributed by atoms with Crippen molar-refractivity contribution < 1.29 is 19.2 Å². The second kappa shape index (κ2) is 9.48. The van der Waals surface area contributed by atoms with Crippen molar-refractivity contribution in [2.24, 2.45) is 5.92 Å². The fraction of sp³-hybridized carbons (Fsp3) is 0.545. The van der Waals surface area contributed by atoms with Crippen LogP contribution in [-0.4, -0.2) is 58.3 Å². The molecule has 9 nitrogen and oxygen atoms in total. The van der Waals surface area contributed by atoms with E-state index in [2.05, 4.69) is 23.0 Å². The number of benzene rings is 1. The summed E-state index contributed by atoms with van der Waals surface area (Å²) in [5.41, 5.74) is 1.98. The summed E-state index contributed by atoms with van der Waals surface area (Å²) in [7, 11) is 0. The van der Waals surface area contributed by atoms with Crippen molar-refractivity contribution in [3.8, 4) is 0 Å². The van der Waals surface area contributed by atoms with Crippen LogP contribution in [0, 0.1) is 5.92 Å². The van der Waals surface area contributed by atoms with E-state index in [1.807, 2.05) is 0 Å². The van der Waals surface area contributed by atoms with Gasteiger partial charge >= 0.3 is 6.03 Å². The Morgan fingerprint density at radius 3 is 2.45 bits per heavy atom. The van der Waals surface area contributed by atoms with Crippen LogP contribution in [0.3, 0.4) is 0 Å². The molecule has 4 rings (SSSR count). The number of urea groups is 1. The number of nitrogens with zero attached hydrogens (tertiary/aromatic N) is 2. The van der Waals surface area contributed by atoms with Crippen LogP contribution in [0.1, 0.15) is 45.4 Å². The first-order chi connectivity index (χ1) is 15.7. The van der Waals surface area contributed by atoms with E-state index in [4.69, 9.17) is 23.2 Å². The molecule has 0 unspecified atom stereocenters. The first kappa shape index (κ1) is 23.8. The number of carbonyl (C=O) groups is 4. The Balaban J connectivity index is 1.35. The molecule has 3 aliphatic rings. The van der Waals surface area contributed by atoms with Crippen LogP contribution < -0.4 is 16.1 Å². The van der Waals surface area contributed by atoms with Crippen molar-refractivity contribution in [2.75, 3.05) is 18.4 Å². The van der Waals surface area contributed by atoms with Crippen molar-refractivity contribution in [3.05, 3.63) is 28.2 Å². The molecule has 2 aliphatic heterocycles. The molecule has 1 saturated carbocycles. The number of hydrazine groups is 1. The third-order valence-corrected chi connectivity index (χ3v) is 7.11. The summed E-state index contributed by atoms with van der Waals surface area (Å²) in [5.74, 6) is -0.708. The number of nitrogens with one attached hydrogen (secondary N) is 3. The van der Waals surface area contributed by atoms with Gasteiger partial charge in [-0.25, -0.2) is 4.79 Å². The third-order valence-electron chi connectivity index (χ3n) is 6.67. The van der Waals surface area contributed by atoms with Gasteiger partial charge in [0.2, 0.25) is 5.91 Å². The highest BCUT2D eigenvalue weighted by Crippen LogP contribution is 2.35. The molecular formula is C22H27Cl2N5O4. The van der Waals surface area contributed by atoms with Crippen LogP contribution in [0.2, 0.25) is 10.0 Å². The molecule has 1 aromatic rings. The van der Waals surface area contributed by atoms with Gasteiger partial charge in [0, 0.05) is 15.7 Å². The standard InChI is InChI=1S/C22H27Cl2N5O4/c1-13-4-6-22(7-5-13)20(32)29(21(33)26-22)27-18(30)12-28-8-2-3-17(28)19(31)25-16-10-14(23)9-15(24)11-16/h9-11,13,17H,2-8,12H2,1H3,(H,25,31)(H,26,33)(H,27,30)/t13?,17-,22?/m1/s1. The quantitative estimate of drug-likeness (QED) is 0.543. The summed E-state index contributed by atoms with van der Waals surface area (Å²) in [6.07, 6.45) is 4.14. The Kier molecular flexibility index (Phi) is 6.83. The molecule has 1 aliphatic carbocycles. The Morgan fingerprint density at radius 1 is 1.12 bits per heavy atom. The zero-order valence-electron chi connectivity index (χ0n) is 18.3. The van der Waals surface area contributed by atoms with E-state index < -0.39 is 29.4 Å². The maximum atomic E-state index is 12.9. The van der Waals surface area contributed by atoms with Crippen molar-refractivity contribution in [1.82, 2.24) is 20.7 Å². The SMILES string of the molecule is CC1CCC2(CC1)NC(=O)N(NC(=O)CN1CCC[C@@H]1C(=O)Nc1cc(Cl)cc(Cl)c1)C2=O.